The summed E-state index contributed by atoms with van der Waals surface area (Å²) < 4.78 is 2.05. The summed E-state index contributed by atoms with van der Waals surface area (Å²) in [5.41, 5.74) is 10.9. The molecule has 3 heteroatoms. The number of hydrogen-bond acceptors (Lipinski definition) is 2. The molecule has 0 aliphatic carbocycles. The first-order chi connectivity index (χ1) is 20.8. The molecule has 6 aromatic carbocycles. The number of anilines is 3. The predicted molar refractivity (Wildman–Crippen MR) is 175 cm³/mol. The third-order valence-corrected chi connectivity index (χ3v) is 7.45. The lowest BCUT2D eigenvalue weighted by Gasteiger charge is -2.27. The quantitative estimate of drug-likeness (QED) is 0.201. The standard InChI is InChI=1S/C39H29N3/c1-5-15-31(16-6-1)37-29-39(32-17-7-2-8-18-32)42(40-37)35-27-25-30(26-28-35)36-23-13-14-24-38(36)41(33-19-9-3-10-20-33)34-21-11-4-12-22-34/h1-29H. The molecule has 0 amide bonds. The van der Waals surface area contributed by atoms with Gasteiger partial charge in [-0.05, 0) is 54.1 Å². The van der Waals surface area contributed by atoms with Gasteiger partial charge in [-0.25, -0.2) is 4.68 Å². The van der Waals surface area contributed by atoms with E-state index in [1.165, 1.54) is 0 Å². The van der Waals surface area contributed by atoms with Crippen molar-refractivity contribution in [3.8, 4) is 39.3 Å². The van der Waals surface area contributed by atoms with Crippen LogP contribution in [0.4, 0.5) is 17.1 Å². The Bertz CT molecular complexity index is 1850. The topological polar surface area (TPSA) is 21.1 Å². The van der Waals surface area contributed by atoms with Gasteiger partial charge in [0.1, 0.15) is 0 Å². The van der Waals surface area contributed by atoms with E-state index in [-0.39, 0.29) is 0 Å². The number of nitrogens with zero attached hydrogens (tertiary/aromatic N) is 3. The lowest BCUT2D eigenvalue weighted by atomic mass is 10.0. The van der Waals surface area contributed by atoms with Crippen molar-refractivity contribution in [3.05, 3.63) is 176 Å². The number of hydrogen-bond donors (Lipinski definition) is 0. The molecule has 0 saturated carbocycles. The molecule has 0 aliphatic rings. The van der Waals surface area contributed by atoms with Crippen LogP contribution in [0, 0.1) is 0 Å². The van der Waals surface area contributed by atoms with Crippen LogP contribution < -0.4 is 4.90 Å². The Morgan fingerprint density at radius 2 is 0.929 bits per heavy atom. The van der Waals surface area contributed by atoms with E-state index in [1.807, 2.05) is 16.8 Å². The zero-order valence-electron chi connectivity index (χ0n) is 23.1. The molecule has 0 radical (unpaired) electrons. The molecule has 0 atom stereocenters. The molecule has 0 spiro atoms. The van der Waals surface area contributed by atoms with E-state index < -0.39 is 0 Å². The molecular weight excluding hydrogens is 510 g/mol. The second-order valence-electron chi connectivity index (χ2n) is 10.1. The Hall–Kier alpha value is -5.67. The van der Waals surface area contributed by atoms with E-state index in [9.17, 15) is 0 Å². The highest BCUT2D eigenvalue weighted by atomic mass is 15.3. The lowest BCUT2D eigenvalue weighted by molar-refractivity contribution is 0.892. The van der Waals surface area contributed by atoms with Crippen LogP contribution in [0.2, 0.25) is 0 Å². The van der Waals surface area contributed by atoms with Crippen LogP contribution in [-0.4, -0.2) is 9.78 Å². The first-order valence-electron chi connectivity index (χ1n) is 14.2. The van der Waals surface area contributed by atoms with Gasteiger partial charge in [-0.1, -0.05) is 127 Å². The fourth-order valence-corrected chi connectivity index (χ4v) is 5.42. The minimum absolute atomic E-state index is 0.949. The van der Waals surface area contributed by atoms with E-state index in [2.05, 4.69) is 169 Å². The maximum atomic E-state index is 5.06. The molecule has 0 aliphatic heterocycles. The van der Waals surface area contributed by atoms with Gasteiger partial charge in [0.15, 0.2) is 0 Å². The van der Waals surface area contributed by atoms with Crippen LogP contribution in [0.25, 0.3) is 39.3 Å². The van der Waals surface area contributed by atoms with Crippen molar-refractivity contribution in [2.45, 2.75) is 0 Å². The van der Waals surface area contributed by atoms with Gasteiger partial charge in [-0.3, -0.25) is 0 Å². The van der Waals surface area contributed by atoms with Crippen LogP contribution in [-0.2, 0) is 0 Å². The zero-order valence-corrected chi connectivity index (χ0v) is 23.1. The van der Waals surface area contributed by atoms with Crippen molar-refractivity contribution in [2.75, 3.05) is 4.90 Å². The zero-order chi connectivity index (χ0) is 28.1. The average molecular weight is 540 g/mol. The molecule has 7 aromatic rings. The minimum Gasteiger partial charge on any atom is -0.310 e. The van der Waals surface area contributed by atoms with Crippen LogP contribution in [0.15, 0.2) is 176 Å². The molecule has 7 rings (SSSR count). The van der Waals surface area contributed by atoms with Crippen LogP contribution in [0.1, 0.15) is 0 Å². The Labute approximate surface area is 246 Å². The Kier molecular flexibility index (Phi) is 6.89. The first kappa shape index (κ1) is 25.3. The largest absolute Gasteiger partial charge is 0.310 e. The summed E-state index contributed by atoms with van der Waals surface area (Å²) in [7, 11) is 0. The highest BCUT2D eigenvalue weighted by molar-refractivity contribution is 5.88. The summed E-state index contributed by atoms with van der Waals surface area (Å²) in [6, 6.07) is 61.3. The summed E-state index contributed by atoms with van der Waals surface area (Å²) in [4.78, 5) is 2.32. The van der Waals surface area contributed by atoms with E-state index in [0.29, 0.717) is 0 Å². The van der Waals surface area contributed by atoms with Crippen molar-refractivity contribution in [1.82, 2.24) is 9.78 Å². The summed E-state index contributed by atoms with van der Waals surface area (Å²) >= 11 is 0. The second kappa shape index (κ2) is 11.4. The Morgan fingerprint density at radius 3 is 1.52 bits per heavy atom. The molecule has 1 heterocycles. The van der Waals surface area contributed by atoms with Crippen molar-refractivity contribution in [2.24, 2.45) is 0 Å². The Morgan fingerprint density at radius 1 is 0.429 bits per heavy atom. The molecule has 1 aromatic heterocycles. The van der Waals surface area contributed by atoms with Crippen molar-refractivity contribution in [1.29, 1.82) is 0 Å². The van der Waals surface area contributed by atoms with E-state index in [1.54, 1.807) is 0 Å². The molecular formula is C39H29N3. The first-order valence-corrected chi connectivity index (χ1v) is 14.2. The molecule has 0 saturated heterocycles. The van der Waals surface area contributed by atoms with Gasteiger partial charge < -0.3 is 4.90 Å². The van der Waals surface area contributed by atoms with E-state index >= 15 is 0 Å². The fourth-order valence-electron chi connectivity index (χ4n) is 5.42. The van der Waals surface area contributed by atoms with Gasteiger partial charge in [-0.2, -0.15) is 5.10 Å². The lowest BCUT2D eigenvalue weighted by Crippen LogP contribution is -2.10. The molecule has 3 nitrogen and oxygen atoms in total. The maximum absolute atomic E-state index is 5.06. The number of aromatic nitrogens is 2. The normalized spacial score (nSPS) is 10.9. The summed E-state index contributed by atoms with van der Waals surface area (Å²) in [6.07, 6.45) is 0. The predicted octanol–water partition coefficient (Wildman–Crippen LogP) is 10.3. The monoisotopic (exact) mass is 539 g/mol. The van der Waals surface area contributed by atoms with Crippen LogP contribution in [0.5, 0.6) is 0 Å². The SMILES string of the molecule is c1ccc(-c2cc(-c3ccccc3)n(-c3ccc(-c4ccccc4N(c4ccccc4)c4ccccc4)cc3)n2)cc1. The minimum atomic E-state index is 0.949. The molecule has 0 fully saturated rings. The van der Waals surface area contributed by atoms with Crippen LogP contribution in [0.3, 0.4) is 0 Å². The Balaban J connectivity index is 1.31. The number of para-hydroxylation sites is 3. The number of rotatable bonds is 7. The third-order valence-electron chi connectivity index (χ3n) is 7.45. The van der Waals surface area contributed by atoms with Crippen LogP contribution >= 0.6 is 0 Å². The maximum Gasteiger partial charge on any atom is 0.0934 e. The fraction of sp³-hybridized carbons (Fsp3) is 0. The van der Waals surface area contributed by atoms with E-state index in [0.717, 1.165) is 56.4 Å². The second-order valence-corrected chi connectivity index (χ2v) is 10.1. The molecule has 42 heavy (non-hydrogen) atoms. The van der Waals surface area contributed by atoms with E-state index in [4.69, 9.17) is 5.10 Å². The average Bonchev–Trinajstić information content (AvgIpc) is 3.53. The van der Waals surface area contributed by atoms with Gasteiger partial charge in [0.25, 0.3) is 0 Å². The highest BCUT2D eigenvalue weighted by Crippen LogP contribution is 2.40. The van der Waals surface area contributed by atoms with Crippen molar-refractivity contribution < 1.29 is 0 Å². The van der Waals surface area contributed by atoms with Gasteiger partial charge >= 0.3 is 0 Å². The molecule has 0 unspecified atom stereocenters. The highest BCUT2D eigenvalue weighted by Gasteiger charge is 2.17. The summed E-state index contributed by atoms with van der Waals surface area (Å²) in [6.45, 7) is 0. The number of benzene rings is 6. The molecule has 200 valence electrons. The third kappa shape index (κ3) is 5.00. The van der Waals surface area contributed by atoms with Gasteiger partial charge in [0, 0.05) is 28.1 Å². The van der Waals surface area contributed by atoms with Crippen molar-refractivity contribution in [3.63, 3.8) is 0 Å². The smallest absolute Gasteiger partial charge is 0.0934 e. The molecule has 0 N–H and O–H groups in total. The van der Waals surface area contributed by atoms with Gasteiger partial charge in [0.05, 0.1) is 22.8 Å². The van der Waals surface area contributed by atoms with Crippen molar-refractivity contribution >= 4 is 17.1 Å². The van der Waals surface area contributed by atoms with Gasteiger partial charge in [-0.15, -0.1) is 0 Å². The summed E-state index contributed by atoms with van der Waals surface area (Å²) in [5, 5.41) is 5.06. The molecule has 0 bridgehead atoms. The van der Waals surface area contributed by atoms with Gasteiger partial charge in [0.2, 0.25) is 0 Å². The summed E-state index contributed by atoms with van der Waals surface area (Å²) in [5.74, 6) is 0.